The molecular weight excluding hydrogens is 212 g/mol. The SMILES string of the molecule is CNC(CO)CN1CCCCc2ccccc21. The molecule has 0 aromatic heterocycles. The highest BCUT2D eigenvalue weighted by molar-refractivity contribution is 5.54. The summed E-state index contributed by atoms with van der Waals surface area (Å²) in [5, 5.41) is 12.4. The molecule has 3 heteroatoms. The van der Waals surface area contributed by atoms with E-state index in [1.807, 2.05) is 7.05 Å². The fraction of sp³-hybridized carbons (Fsp3) is 0.571. The summed E-state index contributed by atoms with van der Waals surface area (Å²) in [6.45, 7) is 2.16. The van der Waals surface area contributed by atoms with Crippen LogP contribution in [0.5, 0.6) is 0 Å². The molecular formula is C14H22N2O. The van der Waals surface area contributed by atoms with Gasteiger partial charge in [-0.15, -0.1) is 0 Å². The Bertz CT molecular complexity index is 350. The smallest absolute Gasteiger partial charge is 0.0601 e. The molecule has 0 amide bonds. The number of fused-ring (bicyclic) bond motifs is 1. The highest BCUT2D eigenvalue weighted by Gasteiger charge is 2.17. The van der Waals surface area contributed by atoms with Crippen LogP contribution in [0.4, 0.5) is 5.69 Å². The molecule has 2 rings (SSSR count). The van der Waals surface area contributed by atoms with Gasteiger partial charge in [0.05, 0.1) is 6.61 Å². The van der Waals surface area contributed by atoms with Crippen LogP contribution in [0.3, 0.4) is 0 Å². The molecule has 1 aromatic rings. The zero-order valence-electron chi connectivity index (χ0n) is 10.5. The predicted molar refractivity (Wildman–Crippen MR) is 71.5 cm³/mol. The summed E-state index contributed by atoms with van der Waals surface area (Å²) in [7, 11) is 1.91. The average molecular weight is 234 g/mol. The van der Waals surface area contributed by atoms with Gasteiger partial charge in [0.2, 0.25) is 0 Å². The maximum Gasteiger partial charge on any atom is 0.0601 e. The van der Waals surface area contributed by atoms with Crippen LogP contribution in [0.25, 0.3) is 0 Å². The highest BCUT2D eigenvalue weighted by atomic mass is 16.3. The van der Waals surface area contributed by atoms with Gasteiger partial charge in [0.1, 0.15) is 0 Å². The molecule has 17 heavy (non-hydrogen) atoms. The van der Waals surface area contributed by atoms with E-state index in [1.54, 1.807) is 0 Å². The average Bonchev–Trinajstić information content (AvgIpc) is 2.58. The minimum atomic E-state index is 0.154. The van der Waals surface area contributed by atoms with Crippen LogP contribution in [-0.4, -0.2) is 37.9 Å². The number of nitrogens with one attached hydrogen (secondary N) is 1. The zero-order valence-corrected chi connectivity index (χ0v) is 10.5. The van der Waals surface area contributed by atoms with Crippen LogP contribution in [0.1, 0.15) is 18.4 Å². The number of benzene rings is 1. The fourth-order valence-electron chi connectivity index (χ4n) is 2.47. The van der Waals surface area contributed by atoms with Gasteiger partial charge in [-0.25, -0.2) is 0 Å². The third kappa shape index (κ3) is 2.99. The minimum Gasteiger partial charge on any atom is -0.395 e. The van der Waals surface area contributed by atoms with Crippen molar-refractivity contribution in [3.63, 3.8) is 0 Å². The molecule has 1 aliphatic heterocycles. The summed E-state index contributed by atoms with van der Waals surface area (Å²) >= 11 is 0. The van der Waals surface area contributed by atoms with E-state index in [9.17, 15) is 5.11 Å². The molecule has 0 saturated carbocycles. The standard InChI is InChI=1S/C14H22N2O/c1-15-13(11-17)10-16-9-5-4-7-12-6-2-3-8-14(12)16/h2-3,6,8,13,15,17H,4-5,7,9-11H2,1H3. The second-order valence-corrected chi connectivity index (χ2v) is 4.70. The summed E-state index contributed by atoms with van der Waals surface area (Å²) in [4.78, 5) is 2.40. The fourth-order valence-corrected chi connectivity index (χ4v) is 2.47. The van der Waals surface area contributed by atoms with Gasteiger partial charge >= 0.3 is 0 Å². The number of likely N-dealkylation sites (N-methyl/N-ethyl adjacent to an activating group) is 1. The van der Waals surface area contributed by atoms with E-state index in [0.717, 1.165) is 13.1 Å². The van der Waals surface area contributed by atoms with Gasteiger partial charge < -0.3 is 15.3 Å². The number of hydrogen-bond donors (Lipinski definition) is 2. The Hall–Kier alpha value is -1.06. The maximum atomic E-state index is 9.29. The summed E-state index contributed by atoms with van der Waals surface area (Å²) in [5.74, 6) is 0. The highest BCUT2D eigenvalue weighted by Crippen LogP contribution is 2.25. The summed E-state index contributed by atoms with van der Waals surface area (Å²) in [6, 6.07) is 8.79. The molecule has 2 N–H and O–H groups in total. The van der Waals surface area contributed by atoms with E-state index >= 15 is 0 Å². The van der Waals surface area contributed by atoms with E-state index in [0.29, 0.717) is 0 Å². The quantitative estimate of drug-likeness (QED) is 0.827. The van der Waals surface area contributed by atoms with E-state index in [-0.39, 0.29) is 12.6 Å². The van der Waals surface area contributed by atoms with Crippen LogP contribution in [0.2, 0.25) is 0 Å². The molecule has 1 unspecified atom stereocenters. The number of aryl methyl sites for hydroxylation is 1. The summed E-state index contributed by atoms with van der Waals surface area (Å²) in [5.41, 5.74) is 2.79. The van der Waals surface area contributed by atoms with Gasteiger partial charge in [-0.1, -0.05) is 18.2 Å². The van der Waals surface area contributed by atoms with Crippen LogP contribution >= 0.6 is 0 Å². The predicted octanol–water partition coefficient (Wildman–Crippen LogP) is 1.41. The molecule has 1 heterocycles. The first-order valence-electron chi connectivity index (χ1n) is 6.46. The second kappa shape index (κ2) is 6.03. The minimum absolute atomic E-state index is 0.154. The normalized spacial score (nSPS) is 17.4. The van der Waals surface area contributed by atoms with Crippen molar-refractivity contribution in [2.45, 2.75) is 25.3 Å². The topological polar surface area (TPSA) is 35.5 Å². The first-order chi connectivity index (χ1) is 8.35. The van der Waals surface area contributed by atoms with Crippen molar-refractivity contribution in [1.29, 1.82) is 0 Å². The Morgan fingerprint density at radius 1 is 1.35 bits per heavy atom. The molecule has 3 nitrogen and oxygen atoms in total. The van der Waals surface area contributed by atoms with Gasteiger partial charge in [0, 0.05) is 24.8 Å². The van der Waals surface area contributed by atoms with E-state index < -0.39 is 0 Å². The molecule has 0 bridgehead atoms. The maximum absolute atomic E-state index is 9.29. The van der Waals surface area contributed by atoms with Crippen LogP contribution in [0.15, 0.2) is 24.3 Å². The monoisotopic (exact) mass is 234 g/mol. The lowest BCUT2D eigenvalue weighted by Gasteiger charge is -2.28. The number of para-hydroxylation sites is 1. The van der Waals surface area contributed by atoms with Crippen molar-refractivity contribution in [3.8, 4) is 0 Å². The molecule has 1 aliphatic rings. The Kier molecular flexibility index (Phi) is 4.40. The number of rotatable bonds is 4. The van der Waals surface area contributed by atoms with E-state index in [2.05, 4.69) is 34.5 Å². The van der Waals surface area contributed by atoms with Crippen molar-refractivity contribution in [2.75, 3.05) is 31.6 Å². The van der Waals surface area contributed by atoms with Gasteiger partial charge in [0.15, 0.2) is 0 Å². The van der Waals surface area contributed by atoms with E-state index in [4.69, 9.17) is 0 Å². The number of aliphatic hydroxyl groups excluding tert-OH is 1. The van der Waals surface area contributed by atoms with Crippen molar-refractivity contribution in [2.24, 2.45) is 0 Å². The van der Waals surface area contributed by atoms with Crippen molar-refractivity contribution in [3.05, 3.63) is 29.8 Å². The summed E-state index contributed by atoms with van der Waals surface area (Å²) < 4.78 is 0. The summed E-state index contributed by atoms with van der Waals surface area (Å²) in [6.07, 6.45) is 3.67. The van der Waals surface area contributed by atoms with Gasteiger partial charge in [-0.2, -0.15) is 0 Å². The Balaban J connectivity index is 2.16. The molecule has 0 aliphatic carbocycles. The number of anilines is 1. The third-order valence-electron chi connectivity index (χ3n) is 3.53. The van der Waals surface area contributed by atoms with Gasteiger partial charge in [0.25, 0.3) is 0 Å². The molecule has 94 valence electrons. The van der Waals surface area contributed by atoms with Crippen molar-refractivity contribution >= 4 is 5.69 Å². The van der Waals surface area contributed by atoms with Gasteiger partial charge in [-0.05, 0) is 37.9 Å². The Morgan fingerprint density at radius 3 is 2.94 bits per heavy atom. The largest absolute Gasteiger partial charge is 0.395 e. The van der Waals surface area contributed by atoms with Crippen molar-refractivity contribution < 1.29 is 5.11 Å². The van der Waals surface area contributed by atoms with Crippen LogP contribution in [0, 0.1) is 0 Å². The number of nitrogens with zero attached hydrogens (tertiary/aromatic N) is 1. The third-order valence-corrected chi connectivity index (χ3v) is 3.53. The van der Waals surface area contributed by atoms with Crippen LogP contribution < -0.4 is 10.2 Å². The molecule has 0 fully saturated rings. The second-order valence-electron chi connectivity index (χ2n) is 4.70. The first kappa shape index (κ1) is 12.4. The van der Waals surface area contributed by atoms with Crippen LogP contribution in [-0.2, 0) is 6.42 Å². The Labute approximate surface area is 103 Å². The molecule has 0 radical (unpaired) electrons. The lowest BCUT2D eigenvalue weighted by atomic mass is 10.1. The van der Waals surface area contributed by atoms with Crippen molar-refractivity contribution in [1.82, 2.24) is 5.32 Å². The molecule has 0 saturated heterocycles. The lowest BCUT2D eigenvalue weighted by molar-refractivity contribution is 0.250. The Morgan fingerprint density at radius 2 is 2.18 bits per heavy atom. The number of hydrogen-bond acceptors (Lipinski definition) is 3. The number of aliphatic hydroxyl groups is 1. The van der Waals surface area contributed by atoms with Gasteiger partial charge in [-0.3, -0.25) is 0 Å². The van der Waals surface area contributed by atoms with E-state index in [1.165, 1.54) is 30.5 Å². The molecule has 1 aromatic carbocycles. The molecule has 0 spiro atoms. The zero-order chi connectivity index (χ0) is 12.1. The molecule has 1 atom stereocenters. The first-order valence-corrected chi connectivity index (χ1v) is 6.46. The lowest BCUT2D eigenvalue weighted by Crippen LogP contribution is -2.42.